The first-order valence-corrected chi connectivity index (χ1v) is 12.0. The summed E-state index contributed by atoms with van der Waals surface area (Å²) in [6.07, 6.45) is -2.88. The standard InChI is InChI=1S/C25H23Cl2F3N2O4/c1-14-9-15(7-8-20(14)22(33)32(2)23(34)35-19-5-3-4-6-19)21-13-24(36-31-21,25(28,29)30)16-10-17(26)12-18(27)11-16/h7-12,19H,3-6,13H2,1-2H3. The third kappa shape index (κ3) is 5.04. The summed E-state index contributed by atoms with van der Waals surface area (Å²) in [5.74, 6) is -0.579. The Hall–Kier alpha value is -2.78. The molecule has 2 aliphatic rings. The van der Waals surface area contributed by atoms with Crippen molar-refractivity contribution >= 4 is 40.9 Å². The number of ether oxygens (including phenoxy) is 1. The Morgan fingerprint density at radius 1 is 1.11 bits per heavy atom. The van der Waals surface area contributed by atoms with E-state index in [0.717, 1.165) is 42.7 Å². The lowest BCUT2D eigenvalue weighted by Crippen LogP contribution is -2.42. The second kappa shape index (κ2) is 9.94. The molecule has 1 aliphatic carbocycles. The smallest absolute Gasteiger partial charge is 0.435 e. The molecule has 192 valence electrons. The Morgan fingerprint density at radius 2 is 1.75 bits per heavy atom. The molecule has 1 aliphatic heterocycles. The van der Waals surface area contributed by atoms with E-state index in [9.17, 15) is 22.8 Å². The van der Waals surface area contributed by atoms with Crippen molar-refractivity contribution in [3.8, 4) is 0 Å². The van der Waals surface area contributed by atoms with Gasteiger partial charge in [0.25, 0.3) is 11.5 Å². The lowest BCUT2D eigenvalue weighted by molar-refractivity contribution is -0.275. The van der Waals surface area contributed by atoms with Crippen molar-refractivity contribution in [2.45, 2.75) is 56.9 Å². The molecular formula is C25H23Cl2F3N2O4. The fourth-order valence-corrected chi connectivity index (χ4v) is 4.95. The number of hydrogen-bond donors (Lipinski definition) is 0. The highest BCUT2D eigenvalue weighted by Crippen LogP contribution is 2.49. The molecule has 0 N–H and O–H groups in total. The van der Waals surface area contributed by atoms with Crippen molar-refractivity contribution in [3.63, 3.8) is 0 Å². The molecule has 2 aromatic rings. The van der Waals surface area contributed by atoms with Crippen LogP contribution in [-0.2, 0) is 15.2 Å². The zero-order chi connectivity index (χ0) is 26.3. The van der Waals surface area contributed by atoms with Gasteiger partial charge in [-0.05, 0) is 74.1 Å². The molecule has 11 heteroatoms. The molecule has 1 fully saturated rings. The fourth-order valence-electron chi connectivity index (χ4n) is 4.42. The van der Waals surface area contributed by atoms with Crippen LogP contribution in [0.2, 0.25) is 10.0 Å². The maximum Gasteiger partial charge on any atom is 0.435 e. The number of oxime groups is 1. The Labute approximate surface area is 215 Å². The lowest BCUT2D eigenvalue weighted by atomic mass is 9.86. The van der Waals surface area contributed by atoms with E-state index in [2.05, 4.69) is 5.16 Å². The van der Waals surface area contributed by atoms with Crippen LogP contribution in [0.4, 0.5) is 18.0 Å². The minimum absolute atomic E-state index is 0.0347. The fraction of sp³-hybridized carbons (Fsp3) is 0.400. The predicted molar refractivity (Wildman–Crippen MR) is 128 cm³/mol. The number of alkyl halides is 3. The summed E-state index contributed by atoms with van der Waals surface area (Å²) in [6.45, 7) is 1.62. The quantitative estimate of drug-likeness (QED) is 0.415. The average molecular weight is 543 g/mol. The van der Waals surface area contributed by atoms with Crippen LogP contribution in [0.15, 0.2) is 41.6 Å². The number of rotatable bonds is 4. The highest BCUT2D eigenvalue weighted by atomic mass is 35.5. The van der Waals surface area contributed by atoms with Crippen LogP contribution >= 0.6 is 23.2 Å². The first-order valence-electron chi connectivity index (χ1n) is 11.3. The molecule has 0 bridgehead atoms. The van der Waals surface area contributed by atoms with Gasteiger partial charge in [0.05, 0.1) is 5.71 Å². The van der Waals surface area contributed by atoms with E-state index in [4.69, 9.17) is 32.8 Å². The van der Waals surface area contributed by atoms with Crippen LogP contribution in [-0.4, -0.2) is 41.9 Å². The van der Waals surface area contributed by atoms with Crippen molar-refractivity contribution in [1.29, 1.82) is 0 Å². The number of halogens is 5. The van der Waals surface area contributed by atoms with Gasteiger partial charge >= 0.3 is 12.3 Å². The molecule has 1 unspecified atom stereocenters. The minimum Gasteiger partial charge on any atom is -0.446 e. The second-order valence-corrected chi connectivity index (χ2v) is 9.85. The van der Waals surface area contributed by atoms with E-state index < -0.39 is 30.2 Å². The molecule has 1 saturated carbocycles. The number of amides is 2. The van der Waals surface area contributed by atoms with Gasteiger partial charge in [0.1, 0.15) is 6.10 Å². The van der Waals surface area contributed by atoms with Gasteiger partial charge in [0.15, 0.2) is 0 Å². The highest BCUT2D eigenvalue weighted by molar-refractivity contribution is 6.34. The van der Waals surface area contributed by atoms with Gasteiger partial charge in [-0.15, -0.1) is 0 Å². The van der Waals surface area contributed by atoms with Gasteiger partial charge in [-0.1, -0.05) is 34.4 Å². The Bertz CT molecular complexity index is 1210. The Kier molecular flexibility index (Phi) is 7.26. The summed E-state index contributed by atoms with van der Waals surface area (Å²) >= 11 is 11.9. The molecule has 0 spiro atoms. The molecule has 0 radical (unpaired) electrons. The summed E-state index contributed by atoms with van der Waals surface area (Å²) in [5.41, 5.74) is -1.97. The maximum absolute atomic E-state index is 14.2. The van der Waals surface area contributed by atoms with Gasteiger partial charge < -0.3 is 9.57 Å². The van der Waals surface area contributed by atoms with E-state index in [1.165, 1.54) is 31.3 Å². The van der Waals surface area contributed by atoms with Gasteiger partial charge in [-0.3, -0.25) is 4.79 Å². The average Bonchev–Trinajstić information content (AvgIpc) is 3.48. The van der Waals surface area contributed by atoms with Crippen LogP contribution in [0, 0.1) is 6.92 Å². The van der Waals surface area contributed by atoms with Gasteiger partial charge in [-0.25, -0.2) is 9.69 Å². The molecule has 0 aromatic heterocycles. The zero-order valence-electron chi connectivity index (χ0n) is 19.5. The van der Waals surface area contributed by atoms with Gasteiger partial charge in [0.2, 0.25) is 0 Å². The minimum atomic E-state index is -4.82. The van der Waals surface area contributed by atoms with E-state index in [1.54, 1.807) is 6.92 Å². The summed E-state index contributed by atoms with van der Waals surface area (Å²) in [5, 5.41) is 3.81. The number of nitrogens with zero attached hydrogens (tertiary/aromatic N) is 2. The van der Waals surface area contributed by atoms with Crippen molar-refractivity contribution in [2.75, 3.05) is 7.05 Å². The number of aryl methyl sites for hydroxylation is 1. The molecule has 4 rings (SSSR count). The zero-order valence-corrected chi connectivity index (χ0v) is 21.0. The van der Waals surface area contributed by atoms with Crippen molar-refractivity contribution in [1.82, 2.24) is 4.90 Å². The van der Waals surface area contributed by atoms with Crippen molar-refractivity contribution in [3.05, 3.63) is 68.7 Å². The van der Waals surface area contributed by atoms with Crippen LogP contribution in [0.1, 0.15) is 59.2 Å². The highest BCUT2D eigenvalue weighted by Gasteiger charge is 2.62. The van der Waals surface area contributed by atoms with Gasteiger partial charge in [-0.2, -0.15) is 13.2 Å². The molecule has 1 atom stereocenters. The molecule has 2 amide bonds. The van der Waals surface area contributed by atoms with Crippen molar-refractivity contribution < 1.29 is 32.3 Å². The molecular weight excluding hydrogens is 520 g/mol. The maximum atomic E-state index is 14.2. The predicted octanol–water partition coefficient (Wildman–Crippen LogP) is 7.04. The number of carbonyl (C=O) groups excluding carboxylic acids is 2. The Balaban J connectivity index is 1.55. The van der Waals surface area contributed by atoms with Crippen LogP contribution in [0.5, 0.6) is 0 Å². The normalized spacial score (nSPS) is 20.1. The monoisotopic (exact) mass is 542 g/mol. The molecule has 36 heavy (non-hydrogen) atoms. The summed E-state index contributed by atoms with van der Waals surface area (Å²) in [6, 6.07) is 8.06. The summed E-state index contributed by atoms with van der Waals surface area (Å²) < 4.78 is 48.1. The molecule has 1 heterocycles. The molecule has 0 saturated heterocycles. The van der Waals surface area contributed by atoms with E-state index in [1.807, 2.05) is 0 Å². The molecule has 6 nitrogen and oxygen atoms in total. The van der Waals surface area contributed by atoms with Crippen LogP contribution < -0.4 is 0 Å². The summed E-state index contributed by atoms with van der Waals surface area (Å²) in [4.78, 5) is 31.2. The van der Waals surface area contributed by atoms with Crippen LogP contribution in [0.25, 0.3) is 0 Å². The number of hydrogen-bond acceptors (Lipinski definition) is 5. The van der Waals surface area contributed by atoms with E-state index in [0.29, 0.717) is 11.1 Å². The lowest BCUT2D eigenvalue weighted by Gasteiger charge is -2.29. The van der Waals surface area contributed by atoms with Crippen molar-refractivity contribution in [2.24, 2.45) is 5.16 Å². The van der Waals surface area contributed by atoms with Crippen LogP contribution in [0.3, 0.4) is 0 Å². The number of carbonyl (C=O) groups is 2. The van der Waals surface area contributed by atoms with Gasteiger partial charge in [0, 0.05) is 34.6 Å². The van der Waals surface area contributed by atoms with E-state index >= 15 is 0 Å². The SMILES string of the molecule is Cc1cc(C2=NOC(c3cc(Cl)cc(Cl)c3)(C(F)(F)F)C2)ccc1C(=O)N(C)C(=O)OC1CCCC1. The first kappa shape index (κ1) is 26.3. The first-order chi connectivity index (χ1) is 16.9. The third-order valence-corrected chi connectivity index (χ3v) is 6.89. The second-order valence-electron chi connectivity index (χ2n) is 8.97. The Morgan fingerprint density at radius 3 is 2.33 bits per heavy atom. The summed E-state index contributed by atoms with van der Waals surface area (Å²) in [7, 11) is 1.33. The van der Waals surface area contributed by atoms with E-state index in [-0.39, 0.29) is 33.0 Å². The molecule has 2 aromatic carbocycles. The largest absolute Gasteiger partial charge is 0.446 e. The third-order valence-electron chi connectivity index (χ3n) is 6.45. The topological polar surface area (TPSA) is 68.2 Å². The number of benzene rings is 2. The number of imide groups is 1.